The molecule has 0 aliphatic rings. The largest absolute Gasteiger partial charge is 0.550 e. The average Bonchev–Trinajstić information content (AvgIpc) is 0.825. The van der Waals surface area contributed by atoms with Gasteiger partial charge in [0.2, 0.25) is 29.5 Å². The van der Waals surface area contributed by atoms with Crippen molar-refractivity contribution in [3.63, 3.8) is 0 Å². The van der Waals surface area contributed by atoms with Crippen LogP contribution in [0.15, 0.2) is 0 Å². The first kappa shape index (κ1) is 117. The second kappa shape index (κ2) is 60.5. The number of aliphatic carboxylic acids is 2. The third kappa shape index (κ3) is 58.1. The number of esters is 4. The van der Waals surface area contributed by atoms with Gasteiger partial charge in [0, 0.05) is 90.6 Å². The lowest BCUT2D eigenvalue weighted by Gasteiger charge is -2.34. The molecule has 0 aromatic heterocycles. The van der Waals surface area contributed by atoms with Crippen LogP contribution >= 0.6 is 37.9 Å². The monoisotopic (exact) mass is 1760 g/mol. The van der Waals surface area contributed by atoms with E-state index < -0.39 is 66.5 Å². The Kier molecular flexibility index (Phi) is 60.1. The number of carbonyl (C=O) groups is 11. The average molecular weight is 1760 g/mol. The highest BCUT2D eigenvalue weighted by Crippen LogP contribution is 2.41. The molecule has 6 unspecified atom stereocenters. The molecule has 0 saturated carbocycles. The predicted molar refractivity (Wildman–Crippen MR) is 473 cm³/mol. The number of carboxylic acid groups (broad SMARTS) is 2. The summed E-state index contributed by atoms with van der Waals surface area (Å²) in [4.78, 5) is 135. The van der Waals surface area contributed by atoms with Crippen LogP contribution in [-0.4, -0.2) is 254 Å². The van der Waals surface area contributed by atoms with Crippen LogP contribution in [0.2, 0.25) is 0 Å². The van der Waals surface area contributed by atoms with Gasteiger partial charge in [0.1, 0.15) is 39.5 Å². The molecule has 32 heteroatoms. The van der Waals surface area contributed by atoms with Crippen LogP contribution in [0.5, 0.6) is 0 Å². The molecule has 0 aliphatic heterocycles. The molecule has 0 saturated heterocycles. The molecular weight excluding hydrogens is 1590 g/mol. The Morgan fingerprint density at radius 2 is 0.669 bits per heavy atom. The van der Waals surface area contributed by atoms with Gasteiger partial charge < -0.3 is 78.8 Å². The second-order valence-electron chi connectivity index (χ2n) is 36.9. The number of likely N-dealkylation sites (N-methyl/N-ethyl adjacent to an activating group) is 1. The number of carboxylic acids is 2. The predicted octanol–water partition coefficient (Wildman–Crippen LogP) is 9.75. The van der Waals surface area contributed by atoms with Crippen molar-refractivity contribution in [2.75, 3.05) is 146 Å². The van der Waals surface area contributed by atoms with Gasteiger partial charge in [-0.2, -0.15) is 46.3 Å². The standard InChI is InChI=1S/C30H57N3O6S.C29H57N3O7S2.C27H50N2O7S/c1-8-14-24(40)15-10-11-16-25(34)31-19-22-39-28(38)30(5,9-2)23-29(3,4)27(37)32-18-13-21-33(6,7)20-12-17-26(35)36;1-8-14-24(40)15-10-11-16-25(33)30-18-21-39-27(35)29(5,9-2)23-28(3,4)26(34)31-17-12-19-32(6,7)20-13-22-41(36,37)38;1-8-12-21(37)13-10-11-14-22(30)28-15-17-35-25(34)27(5,9-2)20-26(3,4)24(33)36-18-16-29(6,7)19-23(31)32/h24H,8-23H2,1-7H3,(H3-,31,32,34,35,36,37,40);24H,8-23H2,1-7H3,(H3-,30,31,33,34,36,37,38,40);21H,8-20H2,1-7H3,(H2-,28,30,31,32,37)/p+1. The molecule has 0 fully saturated rings. The third-order valence-electron chi connectivity index (χ3n) is 21.8. The number of hydrogen-bond donors (Lipinski definition) is 9. The number of nitrogens with one attached hydrogen (secondary N) is 5. The maximum absolute atomic E-state index is 13.0. The zero-order valence-electron chi connectivity index (χ0n) is 76.8. The van der Waals surface area contributed by atoms with E-state index >= 15 is 0 Å². The summed E-state index contributed by atoms with van der Waals surface area (Å²) in [5.41, 5.74) is -5.12. The smallest absolute Gasteiger partial charge is 0.311 e. The third-order valence-corrected chi connectivity index (χ3v) is 24.1. The number of ether oxygens (including phenoxy) is 4. The van der Waals surface area contributed by atoms with E-state index in [1.165, 1.54) is 0 Å². The maximum Gasteiger partial charge on any atom is 0.311 e. The molecule has 0 aromatic rings. The number of nitrogens with zero attached hydrogens (tertiary/aromatic N) is 3. The summed E-state index contributed by atoms with van der Waals surface area (Å²) in [7, 11) is 7.51. The fourth-order valence-corrected chi connectivity index (χ4v) is 15.7. The molecule has 0 spiro atoms. The lowest BCUT2D eigenvalue weighted by Crippen LogP contribution is -2.50. The van der Waals surface area contributed by atoms with E-state index in [9.17, 15) is 71.4 Å². The van der Waals surface area contributed by atoms with Gasteiger partial charge in [0.25, 0.3) is 10.1 Å². The molecule has 118 heavy (non-hydrogen) atoms. The van der Waals surface area contributed by atoms with Gasteiger partial charge in [0.05, 0.1) is 121 Å². The summed E-state index contributed by atoms with van der Waals surface area (Å²) in [5.74, 6) is -4.51. The lowest BCUT2D eigenvalue weighted by molar-refractivity contribution is -0.890. The summed E-state index contributed by atoms with van der Waals surface area (Å²) in [5, 5.41) is 37.0. The Balaban J connectivity index is -0.00000168. The first-order valence-corrected chi connectivity index (χ1v) is 46.6. The Morgan fingerprint density at radius 3 is 0.966 bits per heavy atom. The molecule has 0 aromatic carbocycles. The van der Waals surface area contributed by atoms with Gasteiger partial charge in [-0.25, -0.2) is 0 Å². The van der Waals surface area contributed by atoms with E-state index in [0.29, 0.717) is 122 Å². The molecule has 0 radical (unpaired) electrons. The molecule has 28 nitrogen and oxygen atoms in total. The van der Waals surface area contributed by atoms with Crippen LogP contribution in [0.3, 0.4) is 0 Å². The number of quaternary nitrogens is 3. The zero-order chi connectivity index (χ0) is 91.3. The normalized spacial score (nSPS) is 14.4. The van der Waals surface area contributed by atoms with E-state index in [-0.39, 0.29) is 117 Å². The number of hydrogen-bond acceptors (Lipinski definition) is 22. The van der Waals surface area contributed by atoms with Crippen molar-refractivity contribution in [3.05, 3.63) is 0 Å². The summed E-state index contributed by atoms with van der Waals surface area (Å²) >= 11 is 13.6. The zero-order valence-corrected chi connectivity index (χ0v) is 80.3. The summed E-state index contributed by atoms with van der Waals surface area (Å²) in [6.07, 6.45) is 21.1. The van der Waals surface area contributed by atoms with Gasteiger partial charge in [0.15, 0.2) is 0 Å². The highest BCUT2D eigenvalue weighted by molar-refractivity contribution is 7.85. The Labute approximate surface area is 728 Å². The topological polar surface area (TPSA) is 385 Å². The van der Waals surface area contributed by atoms with Crippen LogP contribution in [-0.2, 0) is 81.8 Å². The summed E-state index contributed by atoms with van der Waals surface area (Å²) in [6.45, 7) is 33.2. The Bertz CT molecular complexity index is 3070. The van der Waals surface area contributed by atoms with Gasteiger partial charge in [-0.05, 0) is 137 Å². The maximum atomic E-state index is 13.0. The number of rotatable bonds is 66. The van der Waals surface area contributed by atoms with Crippen LogP contribution in [0.1, 0.15) is 290 Å². The van der Waals surface area contributed by atoms with Crippen molar-refractivity contribution >= 4 is 113 Å². The molecule has 5 amide bonds. The van der Waals surface area contributed by atoms with E-state index in [1.54, 1.807) is 34.9 Å². The van der Waals surface area contributed by atoms with E-state index in [1.807, 2.05) is 90.5 Å². The number of amides is 5. The minimum absolute atomic E-state index is 0.0435. The van der Waals surface area contributed by atoms with E-state index in [4.69, 9.17) is 23.5 Å². The molecule has 692 valence electrons. The Hall–Kier alpha value is -4.99. The molecule has 6 N–H and O–H groups in total. The van der Waals surface area contributed by atoms with Crippen molar-refractivity contribution in [1.82, 2.24) is 26.6 Å². The molecule has 0 bridgehead atoms. The van der Waals surface area contributed by atoms with Crippen molar-refractivity contribution in [2.45, 2.75) is 306 Å². The van der Waals surface area contributed by atoms with Crippen molar-refractivity contribution in [1.29, 1.82) is 0 Å². The van der Waals surface area contributed by atoms with Gasteiger partial charge in [-0.15, -0.1) is 0 Å². The summed E-state index contributed by atoms with van der Waals surface area (Å²) < 4.78 is 54.0. The number of carbonyl (C=O) groups excluding carboxylic acids is 11. The van der Waals surface area contributed by atoms with Crippen LogP contribution in [0, 0.1) is 32.5 Å². The SMILES string of the molecule is CCCC(S)CCCCC(=O)NCCOC(=O)C(C)(CC)CC(C)(C)C(=O)NCCC[N+](C)(C)CCCC(=O)[O-].CCCC(S)CCCCC(=O)NCCOC(=O)C(C)(CC)CC(C)(C)C(=O)NCCC[N+](C)(C)CCCS(=O)(=O)O.CCCC(S)CCCCC(=O)NCCOC(=O)C(C)(CC)CC(C)(C)C(=O)OCC[N+](C)(C)CC(=O)[O-]. The fraction of sp³-hybridized carbons (Fsp3) is 0.872. The lowest BCUT2D eigenvalue weighted by atomic mass is 9.72. The highest BCUT2D eigenvalue weighted by atomic mass is 32.2. The van der Waals surface area contributed by atoms with Crippen LogP contribution in [0.25, 0.3) is 0 Å². The Morgan fingerprint density at radius 1 is 0.364 bits per heavy atom. The first-order valence-electron chi connectivity index (χ1n) is 43.4. The van der Waals surface area contributed by atoms with Crippen molar-refractivity contribution in [3.8, 4) is 0 Å². The number of thiol groups is 3. The van der Waals surface area contributed by atoms with Crippen molar-refractivity contribution in [2.24, 2.45) is 32.5 Å². The van der Waals surface area contributed by atoms with E-state index in [0.717, 1.165) is 122 Å². The van der Waals surface area contributed by atoms with Crippen molar-refractivity contribution < 1.29 is 108 Å². The van der Waals surface area contributed by atoms with Crippen LogP contribution in [0.4, 0.5) is 0 Å². The minimum atomic E-state index is -3.96. The molecular formula is C86H165N8O20S4+. The fourth-order valence-electron chi connectivity index (χ4n) is 13.9. The highest BCUT2D eigenvalue weighted by Gasteiger charge is 2.45. The second-order valence-corrected chi connectivity index (χ2v) is 40.6. The van der Waals surface area contributed by atoms with E-state index in [2.05, 4.69) is 85.2 Å². The molecule has 0 heterocycles. The van der Waals surface area contributed by atoms with Gasteiger partial charge in [-0.1, -0.05) is 108 Å². The summed E-state index contributed by atoms with van der Waals surface area (Å²) in [6, 6.07) is 0. The minimum Gasteiger partial charge on any atom is -0.550 e. The molecule has 0 aliphatic carbocycles. The number of unbranched alkanes of at least 4 members (excludes halogenated alkanes) is 3. The van der Waals surface area contributed by atoms with Gasteiger partial charge in [-0.3, -0.25) is 47.7 Å². The molecule has 0 rings (SSSR count). The van der Waals surface area contributed by atoms with Crippen LogP contribution < -0.4 is 36.8 Å². The quantitative estimate of drug-likeness (QED) is 0.00682. The first-order chi connectivity index (χ1) is 54.5. The van der Waals surface area contributed by atoms with Gasteiger partial charge >= 0.3 is 23.9 Å². The molecule has 6 atom stereocenters.